The summed E-state index contributed by atoms with van der Waals surface area (Å²) in [4.78, 5) is 2.47. The Bertz CT molecular complexity index is 2900. The molecule has 0 saturated carbocycles. The average Bonchev–Trinajstić information content (AvgIpc) is 3.57. The van der Waals surface area contributed by atoms with Crippen LogP contribution in [0.5, 0.6) is 0 Å². The van der Waals surface area contributed by atoms with Gasteiger partial charge in [-0.1, -0.05) is 158 Å². The van der Waals surface area contributed by atoms with E-state index >= 15 is 0 Å². The van der Waals surface area contributed by atoms with E-state index in [2.05, 4.69) is 216 Å². The molecule has 0 aliphatic heterocycles. The van der Waals surface area contributed by atoms with E-state index in [0.717, 1.165) is 22.7 Å². The van der Waals surface area contributed by atoms with E-state index in [1.807, 2.05) is 0 Å². The molecule has 0 saturated heterocycles. The third kappa shape index (κ3) is 4.88. The lowest BCUT2D eigenvalue weighted by Gasteiger charge is -2.30. The number of nitrogens with zero attached hydrogens (tertiary/aromatic N) is 2. The second kappa shape index (κ2) is 12.5. The van der Waals surface area contributed by atoms with Crippen molar-refractivity contribution in [2.75, 3.05) is 4.90 Å². The smallest absolute Gasteiger partial charge is 0.0547 e. The number of para-hydroxylation sites is 3. The van der Waals surface area contributed by atoms with E-state index in [4.69, 9.17) is 0 Å². The highest BCUT2D eigenvalue weighted by atomic mass is 15.1. The Morgan fingerprint density at radius 3 is 1.79 bits per heavy atom. The Balaban J connectivity index is 1.25. The molecule has 0 spiro atoms. The molecule has 1 aromatic heterocycles. The number of hydrogen-bond acceptors (Lipinski definition) is 1. The van der Waals surface area contributed by atoms with Crippen molar-refractivity contribution < 1.29 is 0 Å². The van der Waals surface area contributed by atoms with Crippen molar-refractivity contribution >= 4 is 60.4 Å². The van der Waals surface area contributed by atoms with Crippen LogP contribution in [0, 0.1) is 0 Å². The molecule has 9 aromatic carbocycles. The van der Waals surface area contributed by atoms with Crippen molar-refractivity contribution in [2.45, 2.75) is 0 Å². The summed E-state index contributed by atoms with van der Waals surface area (Å²) in [5.41, 5.74) is 11.7. The molecule has 0 N–H and O–H groups in total. The van der Waals surface area contributed by atoms with Crippen molar-refractivity contribution in [1.29, 1.82) is 0 Å². The van der Waals surface area contributed by atoms with Crippen LogP contribution in [0.3, 0.4) is 0 Å². The minimum atomic E-state index is 1.10. The zero-order valence-corrected chi connectivity index (χ0v) is 28.5. The summed E-state index contributed by atoms with van der Waals surface area (Å²) in [5.74, 6) is 0. The number of rotatable bonds is 6. The summed E-state index contributed by atoms with van der Waals surface area (Å²) in [6.07, 6.45) is 0. The summed E-state index contributed by atoms with van der Waals surface area (Å²) in [5, 5.41) is 7.43. The number of benzene rings is 9. The van der Waals surface area contributed by atoms with Crippen molar-refractivity contribution in [3.05, 3.63) is 206 Å². The minimum absolute atomic E-state index is 1.10. The van der Waals surface area contributed by atoms with E-state index in [9.17, 15) is 0 Å². The van der Waals surface area contributed by atoms with Gasteiger partial charge >= 0.3 is 0 Å². The number of hydrogen-bond donors (Lipinski definition) is 0. The van der Waals surface area contributed by atoms with Gasteiger partial charge in [-0.05, 0) is 81.4 Å². The highest BCUT2D eigenvalue weighted by molar-refractivity contribution is 6.17. The van der Waals surface area contributed by atoms with Crippen molar-refractivity contribution in [3.8, 4) is 27.9 Å². The summed E-state index contributed by atoms with van der Waals surface area (Å²) in [6.45, 7) is 0. The van der Waals surface area contributed by atoms with Crippen molar-refractivity contribution in [2.24, 2.45) is 0 Å². The van der Waals surface area contributed by atoms with Gasteiger partial charge in [-0.3, -0.25) is 0 Å². The van der Waals surface area contributed by atoms with Crippen LogP contribution in [0.1, 0.15) is 0 Å². The van der Waals surface area contributed by atoms with Crippen LogP contribution in [-0.2, 0) is 0 Å². The van der Waals surface area contributed by atoms with Gasteiger partial charge in [0, 0.05) is 33.1 Å². The minimum Gasteiger partial charge on any atom is -0.309 e. The highest BCUT2D eigenvalue weighted by Gasteiger charge is 2.22. The molecule has 244 valence electrons. The third-order valence-corrected chi connectivity index (χ3v) is 10.3. The molecule has 10 aromatic rings. The van der Waals surface area contributed by atoms with Crippen LogP contribution >= 0.6 is 0 Å². The Kier molecular flexibility index (Phi) is 7.18. The molecule has 0 amide bonds. The first kappa shape index (κ1) is 30.0. The maximum atomic E-state index is 2.47. The van der Waals surface area contributed by atoms with Crippen molar-refractivity contribution in [3.63, 3.8) is 0 Å². The molecule has 0 atom stereocenters. The fourth-order valence-electron chi connectivity index (χ4n) is 8.09. The Labute approximate surface area is 303 Å². The highest BCUT2D eigenvalue weighted by Crippen LogP contribution is 2.47. The summed E-state index contributed by atoms with van der Waals surface area (Å²) in [7, 11) is 0. The molecule has 0 aliphatic rings. The Morgan fingerprint density at radius 2 is 0.942 bits per heavy atom. The molecule has 0 unspecified atom stereocenters. The normalized spacial score (nSPS) is 11.5. The largest absolute Gasteiger partial charge is 0.309 e. The van der Waals surface area contributed by atoms with Crippen LogP contribution < -0.4 is 4.90 Å². The van der Waals surface area contributed by atoms with E-state index in [1.54, 1.807) is 0 Å². The summed E-state index contributed by atoms with van der Waals surface area (Å²) < 4.78 is 2.39. The maximum absolute atomic E-state index is 2.47. The molecule has 2 heteroatoms. The molecular weight excluding hydrogens is 629 g/mol. The standard InChI is InChI=1S/C50H34N2/c1-3-17-35(18-4-1)41-25-11-13-30-46(41)52(49-34-37-19-7-8-24-40(37)43-26-9-10-27-44(43)49)39-23-15-20-36(33-39)42-29-16-32-48-50(42)45-28-12-14-31-47(45)51(48)38-21-5-2-6-22-38/h1-34H. The first-order chi connectivity index (χ1) is 25.8. The fraction of sp³-hybridized carbons (Fsp3) is 0. The monoisotopic (exact) mass is 662 g/mol. The van der Waals surface area contributed by atoms with E-state index in [-0.39, 0.29) is 0 Å². The number of fused-ring (bicyclic) bond motifs is 6. The Morgan fingerprint density at radius 1 is 0.346 bits per heavy atom. The number of anilines is 3. The van der Waals surface area contributed by atoms with Gasteiger partial charge in [0.1, 0.15) is 0 Å². The van der Waals surface area contributed by atoms with Crippen LogP contribution in [-0.4, -0.2) is 4.57 Å². The zero-order chi connectivity index (χ0) is 34.4. The average molecular weight is 663 g/mol. The van der Waals surface area contributed by atoms with Gasteiger partial charge in [0.05, 0.1) is 22.4 Å². The van der Waals surface area contributed by atoms with Crippen LogP contribution in [0.4, 0.5) is 17.1 Å². The van der Waals surface area contributed by atoms with Crippen LogP contribution in [0.25, 0.3) is 71.3 Å². The predicted octanol–water partition coefficient (Wildman–Crippen LogP) is 13.9. The first-order valence-corrected chi connectivity index (χ1v) is 17.9. The molecule has 0 aliphatic carbocycles. The molecular formula is C50H34N2. The third-order valence-electron chi connectivity index (χ3n) is 10.3. The molecule has 10 rings (SSSR count). The molecule has 0 bridgehead atoms. The van der Waals surface area contributed by atoms with Crippen molar-refractivity contribution in [1.82, 2.24) is 4.57 Å². The van der Waals surface area contributed by atoms with Gasteiger partial charge in [0.25, 0.3) is 0 Å². The quantitative estimate of drug-likeness (QED) is 0.161. The maximum Gasteiger partial charge on any atom is 0.0547 e. The molecule has 52 heavy (non-hydrogen) atoms. The van der Waals surface area contributed by atoms with Gasteiger partial charge in [-0.2, -0.15) is 0 Å². The van der Waals surface area contributed by atoms with Gasteiger partial charge in [-0.15, -0.1) is 0 Å². The topological polar surface area (TPSA) is 8.17 Å². The molecule has 0 radical (unpaired) electrons. The second-order valence-corrected chi connectivity index (χ2v) is 13.3. The molecule has 1 heterocycles. The van der Waals surface area contributed by atoms with Crippen LogP contribution in [0.2, 0.25) is 0 Å². The first-order valence-electron chi connectivity index (χ1n) is 17.9. The van der Waals surface area contributed by atoms with Crippen LogP contribution in [0.15, 0.2) is 206 Å². The lowest BCUT2D eigenvalue weighted by molar-refractivity contribution is 1.18. The van der Waals surface area contributed by atoms with Gasteiger partial charge in [0.15, 0.2) is 0 Å². The lowest BCUT2D eigenvalue weighted by Crippen LogP contribution is -2.12. The molecule has 0 fully saturated rings. The van der Waals surface area contributed by atoms with Gasteiger partial charge in [0.2, 0.25) is 0 Å². The second-order valence-electron chi connectivity index (χ2n) is 13.3. The Hall–Kier alpha value is -6.90. The van der Waals surface area contributed by atoms with Gasteiger partial charge in [-0.25, -0.2) is 0 Å². The summed E-state index contributed by atoms with van der Waals surface area (Å²) in [6, 6.07) is 74.7. The lowest BCUT2D eigenvalue weighted by atomic mass is 9.96. The molecule has 2 nitrogen and oxygen atoms in total. The summed E-state index contributed by atoms with van der Waals surface area (Å²) >= 11 is 0. The predicted molar refractivity (Wildman–Crippen MR) is 221 cm³/mol. The zero-order valence-electron chi connectivity index (χ0n) is 28.5. The van der Waals surface area contributed by atoms with E-state index < -0.39 is 0 Å². The van der Waals surface area contributed by atoms with E-state index in [0.29, 0.717) is 0 Å². The number of aromatic nitrogens is 1. The van der Waals surface area contributed by atoms with E-state index in [1.165, 1.54) is 65.6 Å². The fourth-order valence-corrected chi connectivity index (χ4v) is 8.09. The SMILES string of the molecule is c1ccc(-c2ccccc2N(c2cccc(-c3cccc4c3c3ccccc3n4-c3ccccc3)c2)c2cc3ccccc3c3ccccc23)cc1. The van der Waals surface area contributed by atoms with Gasteiger partial charge < -0.3 is 9.47 Å².